The normalized spacial score (nSPS) is 14.6. The molecule has 0 radical (unpaired) electrons. The number of para-hydroxylation sites is 2. The Balaban J connectivity index is 1.52. The van der Waals surface area contributed by atoms with E-state index in [0.717, 1.165) is 16.2 Å². The summed E-state index contributed by atoms with van der Waals surface area (Å²) in [5.74, 6) is 1.44. The van der Waals surface area contributed by atoms with Crippen LogP contribution in [0.15, 0.2) is 47.6 Å². The highest BCUT2D eigenvalue weighted by Gasteiger charge is 2.22. The molecule has 1 fully saturated rings. The fourth-order valence-electron chi connectivity index (χ4n) is 4.04. The zero-order chi connectivity index (χ0) is 20.9. The van der Waals surface area contributed by atoms with Crippen molar-refractivity contribution in [2.75, 3.05) is 25.3 Å². The van der Waals surface area contributed by atoms with Crippen molar-refractivity contribution >= 4 is 34.4 Å². The summed E-state index contributed by atoms with van der Waals surface area (Å²) in [5.41, 5.74) is 2.74. The predicted octanol–water partition coefficient (Wildman–Crippen LogP) is 5.29. The maximum Gasteiger partial charge on any atom is 0.234 e. The number of amides is 1. The first-order valence-electron chi connectivity index (χ1n) is 10.3. The molecule has 1 aromatic heterocycles. The highest BCUT2D eigenvalue weighted by atomic mass is 32.2. The van der Waals surface area contributed by atoms with Crippen molar-refractivity contribution in [1.29, 1.82) is 0 Å². The first-order valence-corrected chi connectivity index (χ1v) is 11.3. The second-order valence-corrected chi connectivity index (χ2v) is 8.39. The number of nitrogens with zero attached hydrogens (tertiary/aromatic N) is 2. The second-order valence-electron chi connectivity index (χ2n) is 7.45. The third kappa shape index (κ3) is 4.41. The number of ether oxygens (including phenoxy) is 2. The number of carbonyl (C=O) groups is 1. The van der Waals surface area contributed by atoms with Crippen LogP contribution in [0.25, 0.3) is 11.0 Å². The topological polar surface area (TPSA) is 65.4 Å². The summed E-state index contributed by atoms with van der Waals surface area (Å²) >= 11 is 1.48. The first kappa shape index (κ1) is 20.6. The van der Waals surface area contributed by atoms with Gasteiger partial charge < -0.3 is 19.4 Å². The highest BCUT2D eigenvalue weighted by Crippen LogP contribution is 2.36. The number of thioether (sulfide) groups is 1. The summed E-state index contributed by atoms with van der Waals surface area (Å²) in [5, 5.41) is 3.85. The molecule has 1 aliphatic rings. The van der Waals surface area contributed by atoms with Gasteiger partial charge in [0.15, 0.2) is 5.16 Å². The summed E-state index contributed by atoms with van der Waals surface area (Å²) in [7, 11) is 3.18. The van der Waals surface area contributed by atoms with Crippen molar-refractivity contribution in [3.63, 3.8) is 0 Å². The van der Waals surface area contributed by atoms with E-state index in [-0.39, 0.29) is 11.7 Å². The molecular weight excluding hydrogens is 398 g/mol. The van der Waals surface area contributed by atoms with E-state index in [1.54, 1.807) is 32.4 Å². The molecule has 7 heteroatoms. The van der Waals surface area contributed by atoms with Crippen LogP contribution in [0.1, 0.15) is 38.1 Å². The molecule has 4 rings (SSSR count). The minimum atomic E-state index is -0.103. The minimum Gasteiger partial charge on any atom is -0.497 e. The Bertz CT molecular complexity index is 1030. The molecule has 6 nitrogen and oxygen atoms in total. The van der Waals surface area contributed by atoms with E-state index in [0.29, 0.717) is 23.2 Å². The number of benzene rings is 2. The van der Waals surface area contributed by atoms with Gasteiger partial charge in [0.25, 0.3) is 0 Å². The van der Waals surface area contributed by atoms with Crippen LogP contribution in [0.3, 0.4) is 0 Å². The molecule has 1 N–H and O–H groups in total. The molecule has 1 amide bonds. The number of carbonyl (C=O) groups excluding carboxylic acids is 1. The molecule has 0 atom stereocenters. The third-order valence-electron chi connectivity index (χ3n) is 5.52. The highest BCUT2D eigenvalue weighted by molar-refractivity contribution is 7.99. The quantitative estimate of drug-likeness (QED) is 0.521. The van der Waals surface area contributed by atoms with Crippen LogP contribution in [-0.2, 0) is 4.79 Å². The Morgan fingerprint density at radius 3 is 2.70 bits per heavy atom. The molecule has 0 spiro atoms. The summed E-state index contributed by atoms with van der Waals surface area (Å²) in [6.07, 6.45) is 6.13. The van der Waals surface area contributed by atoms with Gasteiger partial charge in [0.1, 0.15) is 11.5 Å². The van der Waals surface area contributed by atoms with Gasteiger partial charge in [0.05, 0.1) is 36.7 Å². The Labute approximate surface area is 181 Å². The number of aromatic nitrogens is 2. The van der Waals surface area contributed by atoms with Gasteiger partial charge in [0.2, 0.25) is 5.91 Å². The van der Waals surface area contributed by atoms with Crippen molar-refractivity contribution < 1.29 is 14.3 Å². The molecule has 0 unspecified atom stereocenters. The largest absolute Gasteiger partial charge is 0.497 e. The van der Waals surface area contributed by atoms with Crippen molar-refractivity contribution in [2.24, 2.45) is 0 Å². The molecule has 3 aromatic rings. The van der Waals surface area contributed by atoms with Crippen LogP contribution in [0, 0.1) is 0 Å². The Morgan fingerprint density at radius 1 is 1.13 bits per heavy atom. The molecule has 0 aliphatic heterocycles. The van der Waals surface area contributed by atoms with E-state index in [1.807, 2.05) is 12.1 Å². The van der Waals surface area contributed by atoms with E-state index in [9.17, 15) is 4.79 Å². The van der Waals surface area contributed by atoms with Crippen LogP contribution in [0.5, 0.6) is 11.5 Å². The SMILES string of the molecule is COc1ccc(OC)c(NC(=O)CSc2nc3ccccc3n2C2CCCCC2)c1. The van der Waals surface area contributed by atoms with Gasteiger partial charge >= 0.3 is 0 Å². The van der Waals surface area contributed by atoms with E-state index in [1.165, 1.54) is 43.9 Å². The summed E-state index contributed by atoms with van der Waals surface area (Å²) in [6.45, 7) is 0. The van der Waals surface area contributed by atoms with Crippen LogP contribution in [0.2, 0.25) is 0 Å². The molecule has 1 aliphatic carbocycles. The second kappa shape index (κ2) is 9.43. The average molecular weight is 426 g/mol. The van der Waals surface area contributed by atoms with Gasteiger partial charge in [-0.25, -0.2) is 4.98 Å². The molecular formula is C23H27N3O3S. The fraction of sp³-hybridized carbons (Fsp3) is 0.391. The van der Waals surface area contributed by atoms with Crippen molar-refractivity contribution in [1.82, 2.24) is 9.55 Å². The van der Waals surface area contributed by atoms with Crippen molar-refractivity contribution in [3.8, 4) is 11.5 Å². The molecule has 0 bridgehead atoms. The van der Waals surface area contributed by atoms with Crippen molar-refractivity contribution in [2.45, 2.75) is 43.3 Å². The van der Waals surface area contributed by atoms with E-state index in [2.05, 4.69) is 22.0 Å². The van der Waals surface area contributed by atoms with Crippen LogP contribution in [0.4, 0.5) is 5.69 Å². The van der Waals surface area contributed by atoms with Crippen LogP contribution < -0.4 is 14.8 Å². The lowest BCUT2D eigenvalue weighted by Crippen LogP contribution is -2.17. The molecule has 1 saturated carbocycles. The number of fused-ring (bicyclic) bond motifs is 1. The first-order chi connectivity index (χ1) is 14.7. The number of anilines is 1. The zero-order valence-corrected chi connectivity index (χ0v) is 18.2. The lowest BCUT2D eigenvalue weighted by molar-refractivity contribution is -0.113. The zero-order valence-electron chi connectivity index (χ0n) is 17.4. The van der Waals surface area contributed by atoms with Crippen LogP contribution in [-0.4, -0.2) is 35.4 Å². The molecule has 0 saturated heterocycles. The molecule has 30 heavy (non-hydrogen) atoms. The summed E-state index contributed by atoms with van der Waals surface area (Å²) in [6, 6.07) is 14.0. The molecule has 1 heterocycles. The molecule has 158 valence electrons. The monoisotopic (exact) mass is 425 g/mol. The predicted molar refractivity (Wildman–Crippen MR) is 121 cm³/mol. The smallest absolute Gasteiger partial charge is 0.234 e. The van der Waals surface area contributed by atoms with E-state index in [4.69, 9.17) is 14.5 Å². The van der Waals surface area contributed by atoms with Gasteiger partial charge in [-0.05, 0) is 37.1 Å². The third-order valence-corrected chi connectivity index (χ3v) is 6.47. The van der Waals surface area contributed by atoms with Gasteiger partial charge in [-0.2, -0.15) is 0 Å². The maximum atomic E-state index is 12.7. The number of nitrogens with one attached hydrogen (secondary N) is 1. The van der Waals surface area contributed by atoms with Gasteiger partial charge in [0, 0.05) is 12.1 Å². The number of imidazole rings is 1. The number of hydrogen-bond donors (Lipinski definition) is 1. The summed E-state index contributed by atoms with van der Waals surface area (Å²) in [4.78, 5) is 17.5. The Morgan fingerprint density at radius 2 is 1.93 bits per heavy atom. The van der Waals surface area contributed by atoms with E-state index < -0.39 is 0 Å². The summed E-state index contributed by atoms with van der Waals surface area (Å²) < 4.78 is 13.0. The fourth-order valence-corrected chi connectivity index (χ4v) is 4.93. The minimum absolute atomic E-state index is 0.103. The van der Waals surface area contributed by atoms with Gasteiger partial charge in [-0.1, -0.05) is 43.2 Å². The standard InChI is InChI=1S/C23H27N3O3S/c1-28-17-12-13-21(29-2)19(14-17)24-22(27)15-30-23-25-18-10-6-7-11-20(18)26(23)16-8-4-3-5-9-16/h6-7,10-14,16H,3-5,8-9,15H2,1-2H3,(H,24,27). The number of methoxy groups -OCH3 is 2. The average Bonchev–Trinajstić information content (AvgIpc) is 3.16. The lowest BCUT2D eigenvalue weighted by Gasteiger charge is -2.25. The Kier molecular flexibility index (Phi) is 6.47. The lowest BCUT2D eigenvalue weighted by atomic mass is 9.95. The molecule has 2 aromatic carbocycles. The Hall–Kier alpha value is -2.67. The van der Waals surface area contributed by atoms with Crippen LogP contribution >= 0.6 is 11.8 Å². The number of hydrogen-bond acceptors (Lipinski definition) is 5. The van der Waals surface area contributed by atoms with Crippen molar-refractivity contribution in [3.05, 3.63) is 42.5 Å². The van der Waals surface area contributed by atoms with Gasteiger partial charge in [-0.15, -0.1) is 0 Å². The van der Waals surface area contributed by atoms with Gasteiger partial charge in [-0.3, -0.25) is 4.79 Å². The maximum absolute atomic E-state index is 12.7. The number of rotatable bonds is 7. The van der Waals surface area contributed by atoms with E-state index >= 15 is 0 Å².